The number of fused-ring (bicyclic) bond motifs is 1. The topological polar surface area (TPSA) is 67.2 Å². The summed E-state index contributed by atoms with van der Waals surface area (Å²) in [5.74, 6) is 0.795. The van der Waals surface area contributed by atoms with Gasteiger partial charge in [-0.05, 0) is 44.9 Å². The van der Waals surface area contributed by atoms with Gasteiger partial charge in [0.25, 0.3) is 0 Å². The normalized spacial score (nSPS) is 11.2. The van der Waals surface area contributed by atoms with E-state index < -0.39 is 0 Å². The number of aryl methyl sites for hydroxylation is 4. The molecule has 0 aliphatic heterocycles. The Morgan fingerprint density at radius 2 is 1.83 bits per heavy atom. The lowest BCUT2D eigenvalue weighted by Crippen LogP contribution is -2.14. The van der Waals surface area contributed by atoms with E-state index in [1.807, 2.05) is 39.0 Å². The molecule has 3 N–H and O–H groups in total. The summed E-state index contributed by atoms with van der Waals surface area (Å²) in [6, 6.07) is 5.86. The van der Waals surface area contributed by atoms with E-state index in [-0.39, 0.29) is 0 Å². The van der Waals surface area contributed by atoms with Crippen LogP contribution >= 0.6 is 0 Å². The number of rotatable bonds is 3. The summed E-state index contributed by atoms with van der Waals surface area (Å²) in [6.45, 7) is 10.9. The van der Waals surface area contributed by atoms with Gasteiger partial charge in [-0.1, -0.05) is 0 Å². The summed E-state index contributed by atoms with van der Waals surface area (Å²) in [5, 5.41) is 9.89. The molecule has 0 saturated heterocycles. The molecule has 3 aromatic rings. The highest BCUT2D eigenvalue weighted by atomic mass is 16.5. The molecule has 0 aliphatic rings. The van der Waals surface area contributed by atoms with Crippen molar-refractivity contribution in [2.75, 3.05) is 12.3 Å². The molecule has 23 heavy (non-hydrogen) atoms. The maximum absolute atomic E-state index is 6.30. The van der Waals surface area contributed by atoms with Crippen molar-refractivity contribution in [1.82, 2.24) is 9.67 Å². The monoisotopic (exact) mass is 311 g/mol. The Labute approximate surface area is 136 Å². The average molecular weight is 311 g/mol. The molecule has 5 heteroatoms. The SMILES string of the molecule is CCOc1ccc(-n2c(C)c3c(C)n[nH+]c(C)c3c2C)c(N)c1. The molecular weight excluding hydrogens is 288 g/mol. The standard InChI is InChI=1S/C18H22N4O/c1-6-23-14-7-8-16(15(19)9-14)22-12(4)17-10(2)20-21-11(3)18(17)13(22)5/h7-9H,6,19H2,1-5H3/p+1. The van der Waals surface area contributed by atoms with Crippen LogP contribution in [0.3, 0.4) is 0 Å². The van der Waals surface area contributed by atoms with E-state index >= 15 is 0 Å². The molecule has 0 aliphatic carbocycles. The first kappa shape index (κ1) is 15.3. The number of aromatic amines is 1. The Morgan fingerprint density at radius 1 is 1.13 bits per heavy atom. The van der Waals surface area contributed by atoms with Gasteiger partial charge in [0.15, 0.2) is 0 Å². The number of H-pyrrole nitrogens is 1. The molecule has 0 fully saturated rings. The number of hydrogen-bond acceptors (Lipinski definition) is 3. The second-order valence-electron chi connectivity index (χ2n) is 5.84. The predicted octanol–water partition coefficient (Wildman–Crippen LogP) is 3.05. The van der Waals surface area contributed by atoms with Gasteiger partial charge in [0.05, 0.1) is 23.4 Å². The third-order valence-electron chi connectivity index (χ3n) is 4.32. The summed E-state index contributed by atoms with van der Waals surface area (Å²) in [7, 11) is 0. The van der Waals surface area contributed by atoms with Gasteiger partial charge in [-0.25, -0.2) is 0 Å². The van der Waals surface area contributed by atoms with Crippen LogP contribution in [0.5, 0.6) is 5.75 Å². The van der Waals surface area contributed by atoms with Crippen LogP contribution in [0.4, 0.5) is 5.69 Å². The Hall–Kier alpha value is -2.56. The third kappa shape index (κ3) is 2.32. The van der Waals surface area contributed by atoms with Crippen molar-refractivity contribution < 1.29 is 9.84 Å². The zero-order chi connectivity index (χ0) is 16.7. The largest absolute Gasteiger partial charge is 0.494 e. The minimum atomic E-state index is 0.629. The zero-order valence-corrected chi connectivity index (χ0v) is 14.3. The van der Waals surface area contributed by atoms with Crippen molar-refractivity contribution in [3.05, 3.63) is 41.0 Å². The molecule has 0 bridgehead atoms. The Bertz CT molecular complexity index is 851. The Balaban J connectivity index is 2.29. The second-order valence-corrected chi connectivity index (χ2v) is 5.84. The van der Waals surface area contributed by atoms with Crippen molar-refractivity contribution in [3.8, 4) is 11.4 Å². The molecule has 0 radical (unpaired) electrons. The second kappa shape index (κ2) is 5.57. The van der Waals surface area contributed by atoms with Gasteiger partial charge in [-0.15, -0.1) is 5.10 Å². The van der Waals surface area contributed by atoms with Gasteiger partial charge in [0.1, 0.15) is 11.4 Å². The summed E-state index contributed by atoms with van der Waals surface area (Å²) in [4.78, 5) is 0. The smallest absolute Gasteiger partial charge is 0.212 e. The number of anilines is 1. The quantitative estimate of drug-likeness (QED) is 0.756. The highest BCUT2D eigenvalue weighted by Crippen LogP contribution is 2.33. The van der Waals surface area contributed by atoms with Crippen LogP contribution < -0.4 is 15.6 Å². The zero-order valence-electron chi connectivity index (χ0n) is 14.3. The number of nitrogen functional groups attached to an aromatic ring is 1. The molecule has 0 unspecified atom stereocenters. The van der Waals surface area contributed by atoms with Crippen molar-refractivity contribution in [1.29, 1.82) is 0 Å². The summed E-state index contributed by atoms with van der Waals surface area (Å²) >= 11 is 0. The fraction of sp³-hybridized carbons (Fsp3) is 0.333. The van der Waals surface area contributed by atoms with Crippen LogP contribution in [0.25, 0.3) is 16.5 Å². The van der Waals surface area contributed by atoms with Gasteiger partial charge >= 0.3 is 0 Å². The fourth-order valence-electron chi connectivity index (χ4n) is 3.37. The van der Waals surface area contributed by atoms with Crippen molar-refractivity contribution in [3.63, 3.8) is 0 Å². The number of hydrogen-bond donors (Lipinski definition) is 1. The minimum absolute atomic E-state index is 0.629. The van der Waals surface area contributed by atoms with Crippen molar-refractivity contribution in [2.45, 2.75) is 34.6 Å². The van der Waals surface area contributed by atoms with Crippen LogP contribution in [0.15, 0.2) is 18.2 Å². The molecule has 120 valence electrons. The van der Waals surface area contributed by atoms with E-state index in [2.05, 4.69) is 28.6 Å². The molecule has 0 spiro atoms. The number of aromatic nitrogens is 3. The number of ether oxygens (including phenoxy) is 1. The number of nitrogens with one attached hydrogen (secondary N) is 1. The highest BCUT2D eigenvalue weighted by molar-refractivity contribution is 5.92. The first-order valence-electron chi connectivity index (χ1n) is 7.84. The summed E-state index contributed by atoms with van der Waals surface area (Å²) in [6.07, 6.45) is 0. The maximum atomic E-state index is 6.30. The summed E-state index contributed by atoms with van der Waals surface area (Å²) in [5.41, 5.74) is 12.3. The predicted molar refractivity (Wildman–Crippen MR) is 92.2 cm³/mol. The summed E-state index contributed by atoms with van der Waals surface area (Å²) < 4.78 is 7.73. The number of benzene rings is 1. The van der Waals surface area contributed by atoms with Gasteiger partial charge < -0.3 is 15.0 Å². The van der Waals surface area contributed by atoms with Crippen LogP contribution in [-0.4, -0.2) is 16.3 Å². The molecule has 5 nitrogen and oxygen atoms in total. The molecule has 2 aromatic heterocycles. The van der Waals surface area contributed by atoms with Gasteiger partial charge in [-0.3, -0.25) is 0 Å². The van der Waals surface area contributed by atoms with E-state index in [1.54, 1.807) is 0 Å². The van der Waals surface area contributed by atoms with Crippen molar-refractivity contribution in [2.24, 2.45) is 0 Å². The molecule has 0 atom stereocenters. The Kier molecular flexibility index (Phi) is 3.72. The van der Waals surface area contributed by atoms with E-state index in [1.165, 1.54) is 10.8 Å². The lowest BCUT2D eigenvalue weighted by molar-refractivity contribution is -0.462. The Morgan fingerprint density at radius 3 is 2.43 bits per heavy atom. The van der Waals surface area contributed by atoms with Crippen LogP contribution in [-0.2, 0) is 0 Å². The number of nitrogens with zero attached hydrogens (tertiary/aromatic N) is 2. The van der Waals surface area contributed by atoms with E-state index in [0.29, 0.717) is 12.3 Å². The molecule has 2 heterocycles. The molecule has 1 aromatic carbocycles. The molecule has 0 saturated carbocycles. The van der Waals surface area contributed by atoms with Gasteiger partial charge in [-0.2, -0.15) is 0 Å². The average Bonchev–Trinajstić information content (AvgIpc) is 2.77. The lowest BCUT2D eigenvalue weighted by atomic mass is 10.1. The maximum Gasteiger partial charge on any atom is 0.212 e. The van der Waals surface area contributed by atoms with Gasteiger partial charge in [0.2, 0.25) is 5.69 Å². The first-order valence-corrected chi connectivity index (χ1v) is 7.84. The van der Waals surface area contributed by atoms with Crippen LogP contribution in [0.2, 0.25) is 0 Å². The first-order chi connectivity index (χ1) is 11.0. The fourth-order valence-corrected chi connectivity index (χ4v) is 3.37. The molecule has 3 rings (SSSR count). The molecule has 0 amide bonds. The van der Waals surface area contributed by atoms with Gasteiger partial charge in [0, 0.05) is 29.8 Å². The van der Waals surface area contributed by atoms with Crippen LogP contribution in [0, 0.1) is 27.7 Å². The third-order valence-corrected chi connectivity index (χ3v) is 4.32. The van der Waals surface area contributed by atoms with E-state index in [4.69, 9.17) is 10.5 Å². The minimum Gasteiger partial charge on any atom is -0.494 e. The highest BCUT2D eigenvalue weighted by Gasteiger charge is 2.21. The van der Waals surface area contributed by atoms with Crippen molar-refractivity contribution >= 4 is 16.5 Å². The van der Waals surface area contributed by atoms with E-state index in [0.717, 1.165) is 34.2 Å². The lowest BCUT2D eigenvalue weighted by Gasteiger charge is -2.13. The molecular formula is C18H23N4O+. The van der Waals surface area contributed by atoms with E-state index in [9.17, 15) is 0 Å². The van der Waals surface area contributed by atoms with Crippen LogP contribution in [0.1, 0.15) is 29.7 Å². The number of nitrogens with two attached hydrogens (primary N) is 1.